The summed E-state index contributed by atoms with van der Waals surface area (Å²) in [5, 5.41) is 0. The van der Waals surface area contributed by atoms with Gasteiger partial charge < -0.3 is 9.05 Å². The molecule has 1 aliphatic rings. The fourth-order valence-corrected chi connectivity index (χ4v) is 5.52. The van der Waals surface area contributed by atoms with E-state index in [2.05, 4.69) is 52.0 Å². The lowest BCUT2D eigenvalue weighted by molar-refractivity contribution is 0.288. The van der Waals surface area contributed by atoms with Crippen molar-refractivity contribution in [3.8, 4) is 11.5 Å². The van der Waals surface area contributed by atoms with Crippen molar-refractivity contribution >= 4 is 7.82 Å². The van der Waals surface area contributed by atoms with Crippen LogP contribution in [0, 0.1) is 0 Å². The van der Waals surface area contributed by atoms with Crippen LogP contribution in [-0.2, 0) is 43.1 Å². The summed E-state index contributed by atoms with van der Waals surface area (Å²) in [4.78, 5) is 10.7. The molecule has 0 unspecified atom stereocenters. The van der Waals surface area contributed by atoms with Crippen LogP contribution in [-0.4, -0.2) is 4.89 Å². The van der Waals surface area contributed by atoms with E-state index in [0.717, 1.165) is 86.5 Å². The molecule has 1 heterocycles. The highest BCUT2D eigenvalue weighted by atomic mass is 31.2. The average molecular weight is 445 g/mol. The van der Waals surface area contributed by atoms with Crippen molar-refractivity contribution in [3.05, 3.63) is 57.6 Å². The third-order valence-electron chi connectivity index (χ3n) is 5.80. The summed E-state index contributed by atoms with van der Waals surface area (Å²) < 4.78 is 24.7. The third kappa shape index (κ3) is 5.93. The first kappa shape index (κ1) is 23.9. The lowest BCUT2D eigenvalue weighted by atomic mass is 9.92. The quantitative estimate of drug-likeness (QED) is 0.439. The molecule has 0 saturated heterocycles. The van der Waals surface area contributed by atoms with Gasteiger partial charge in [-0.05, 0) is 71.9 Å². The molecule has 170 valence electrons. The van der Waals surface area contributed by atoms with Crippen molar-refractivity contribution < 1.29 is 18.5 Å². The Morgan fingerprint density at radius 1 is 0.710 bits per heavy atom. The van der Waals surface area contributed by atoms with Crippen LogP contribution in [0.3, 0.4) is 0 Å². The maximum absolute atomic E-state index is 13.1. The Bertz CT molecular complexity index is 877. The van der Waals surface area contributed by atoms with Gasteiger partial charge in [0.1, 0.15) is 11.5 Å². The highest BCUT2D eigenvalue weighted by Gasteiger charge is 2.32. The van der Waals surface area contributed by atoms with Gasteiger partial charge in [-0.1, -0.05) is 77.6 Å². The van der Waals surface area contributed by atoms with Gasteiger partial charge in [0, 0.05) is 0 Å². The Balaban J connectivity index is 2.13. The van der Waals surface area contributed by atoms with Crippen molar-refractivity contribution in [2.45, 2.75) is 91.9 Å². The van der Waals surface area contributed by atoms with Crippen LogP contribution in [0.5, 0.6) is 11.5 Å². The summed E-state index contributed by atoms with van der Waals surface area (Å²) in [6.07, 6.45) is 9.18. The molecule has 4 nitrogen and oxygen atoms in total. The van der Waals surface area contributed by atoms with Gasteiger partial charge in [0.05, 0.1) is 0 Å². The zero-order chi connectivity index (χ0) is 22.4. The van der Waals surface area contributed by atoms with Gasteiger partial charge in [-0.3, -0.25) is 4.89 Å². The molecule has 0 spiro atoms. The SMILES string of the molecule is CCCc1cc(CCC)c2c(c1)CCc1cc(CCC)cc(CCC)c1OP(=O)(O)O2. The molecular weight excluding hydrogens is 407 g/mol. The molecule has 0 aromatic heterocycles. The van der Waals surface area contributed by atoms with Gasteiger partial charge in [0.2, 0.25) is 0 Å². The summed E-state index contributed by atoms with van der Waals surface area (Å²) in [6.45, 7) is 8.58. The number of phosphoric ester groups is 1. The van der Waals surface area contributed by atoms with Crippen LogP contribution in [0.1, 0.15) is 86.8 Å². The number of rotatable bonds is 8. The lowest BCUT2D eigenvalue weighted by Crippen LogP contribution is -2.06. The molecule has 1 N–H and O–H groups in total. The topological polar surface area (TPSA) is 55.8 Å². The smallest absolute Gasteiger partial charge is 0.395 e. The predicted octanol–water partition coefficient (Wildman–Crippen LogP) is 7.15. The summed E-state index contributed by atoms with van der Waals surface area (Å²) in [6, 6.07) is 8.59. The van der Waals surface area contributed by atoms with Crippen molar-refractivity contribution in [1.29, 1.82) is 0 Å². The molecule has 1 aliphatic heterocycles. The van der Waals surface area contributed by atoms with Crippen molar-refractivity contribution in [2.75, 3.05) is 0 Å². The monoisotopic (exact) mass is 444 g/mol. The summed E-state index contributed by atoms with van der Waals surface area (Å²) in [5.41, 5.74) is 6.58. The van der Waals surface area contributed by atoms with E-state index >= 15 is 0 Å². The molecule has 0 saturated carbocycles. The number of fused-ring (bicyclic) bond motifs is 2. The Morgan fingerprint density at radius 2 is 1.10 bits per heavy atom. The number of phosphoric acid groups is 1. The zero-order valence-electron chi connectivity index (χ0n) is 19.5. The fraction of sp³-hybridized carbons (Fsp3) is 0.538. The van der Waals surface area contributed by atoms with Crippen molar-refractivity contribution in [2.24, 2.45) is 0 Å². The second-order valence-corrected chi connectivity index (χ2v) is 9.94. The van der Waals surface area contributed by atoms with Gasteiger partial charge in [-0.25, -0.2) is 4.57 Å². The molecule has 5 heteroatoms. The molecule has 0 aliphatic carbocycles. The molecule has 0 bridgehead atoms. The van der Waals surface area contributed by atoms with E-state index < -0.39 is 7.82 Å². The summed E-state index contributed by atoms with van der Waals surface area (Å²) >= 11 is 0. The molecule has 0 amide bonds. The van der Waals surface area contributed by atoms with E-state index in [1.54, 1.807) is 0 Å². The van der Waals surface area contributed by atoms with Crippen molar-refractivity contribution in [1.82, 2.24) is 0 Å². The van der Waals surface area contributed by atoms with Gasteiger partial charge in [-0.15, -0.1) is 0 Å². The number of hydrogen-bond donors (Lipinski definition) is 1. The predicted molar refractivity (Wildman–Crippen MR) is 127 cm³/mol. The normalized spacial score (nSPS) is 15.0. The van der Waals surface area contributed by atoms with Gasteiger partial charge >= 0.3 is 7.82 Å². The Labute approximate surface area is 187 Å². The van der Waals surface area contributed by atoms with E-state index in [0.29, 0.717) is 11.5 Å². The largest absolute Gasteiger partial charge is 0.584 e. The minimum Gasteiger partial charge on any atom is -0.395 e. The van der Waals surface area contributed by atoms with E-state index in [1.165, 1.54) is 11.1 Å². The Kier molecular flexibility index (Phi) is 8.24. The van der Waals surface area contributed by atoms with E-state index in [4.69, 9.17) is 9.05 Å². The first-order valence-electron chi connectivity index (χ1n) is 11.9. The average Bonchev–Trinajstić information content (AvgIpc) is 2.76. The fourth-order valence-electron chi connectivity index (χ4n) is 4.55. The van der Waals surface area contributed by atoms with E-state index in [9.17, 15) is 9.46 Å². The lowest BCUT2D eigenvalue weighted by Gasteiger charge is -2.20. The highest BCUT2D eigenvalue weighted by Crippen LogP contribution is 2.50. The zero-order valence-corrected chi connectivity index (χ0v) is 20.4. The molecular formula is C26H37O4P. The first-order chi connectivity index (χ1) is 14.9. The van der Waals surface area contributed by atoms with Gasteiger partial charge in [0.25, 0.3) is 0 Å². The van der Waals surface area contributed by atoms with Crippen LogP contribution in [0.4, 0.5) is 0 Å². The van der Waals surface area contributed by atoms with Gasteiger partial charge in [0.15, 0.2) is 0 Å². The minimum absolute atomic E-state index is 0.547. The Morgan fingerprint density at radius 3 is 1.45 bits per heavy atom. The summed E-state index contributed by atoms with van der Waals surface area (Å²) in [7, 11) is -4.31. The number of hydrogen-bond acceptors (Lipinski definition) is 3. The minimum atomic E-state index is -4.31. The number of aryl methyl sites for hydroxylation is 6. The molecule has 0 fully saturated rings. The second-order valence-electron chi connectivity index (χ2n) is 8.64. The first-order valence-corrected chi connectivity index (χ1v) is 13.4. The second kappa shape index (κ2) is 10.7. The van der Waals surface area contributed by atoms with E-state index in [1.807, 2.05) is 0 Å². The van der Waals surface area contributed by atoms with Crippen LogP contribution in [0.25, 0.3) is 0 Å². The Hall–Kier alpha value is -1.77. The number of benzene rings is 2. The standard InChI is InChI=1S/C26H37O4P/c1-5-9-19-15-21(11-7-3)25-23(17-19)13-14-24-18-20(10-6-2)16-22(12-8-4)26(24)30-31(27,28)29-25/h15-18H,5-14H2,1-4H3,(H,27,28). The molecule has 31 heavy (non-hydrogen) atoms. The molecule has 2 aromatic carbocycles. The maximum atomic E-state index is 13.1. The summed E-state index contributed by atoms with van der Waals surface area (Å²) in [5.74, 6) is 1.09. The van der Waals surface area contributed by atoms with Crippen LogP contribution in [0.2, 0.25) is 0 Å². The van der Waals surface area contributed by atoms with Crippen LogP contribution in [0.15, 0.2) is 24.3 Å². The van der Waals surface area contributed by atoms with Gasteiger partial charge in [-0.2, -0.15) is 0 Å². The third-order valence-corrected chi connectivity index (χ3v) is 6.62. The molecule has 0 radical (unpaired) electrons. The highest BCUT2D eigenvalue weighted by molar-refractivity contribution is 7.48. The maximum Gasteiger partial charge on any atom is 0.584 e. The molecule has 3 rings (SSSR count). The van der Waals surface area contributed by atoms with E-state index in [-0.39, 0.29) is 0 Å². The molecule has 2 aromatic rings. The van der Waals surface area contributed by atoms with Crippen LogP contribution < -0.4 is 9.05 Å². The van der Waals surface area contributed by atoms with Crippen LogP contribution >= 0.6 is 7.82 Å². The molecule has 0 atom stereocenters. The van der Waals surface area contributed by atoms with Crippen molar-refractivity contribution in [3.63, 3.8) is 0 Å².